The van der Waals surface area contributed by atoms with Crippen molar-refractivity contribution in [1.82, 2.24) is 5.32 Å². The van der Waals surface area contributed by atoms with Crippen LogP contribution in [0, 0.1) is 28.1 Å². The molecule has 3 fully saturated rings. The summed E-state index contributed by atoms with van der Waals surface area (Å²) in [6.07, 6.45) is 18.2. The highest BCUT2D eigenvalue weighted by Crippen LogP contribution is 2.80. The Balaban J connectivity index is 1.83. The Kier molecular flexibility index (Phi) is 10.1. The van der Waals surface area contributed by atoms with Crippen LogP contribution in [-0.2, 0) is 4.79 Å². The summed E-state index contributed by atoms with van der Waals surface area (Å²) in [4.78, 5) is 12.4. The van der Waals surface area contributed by atoms with Crippen molar-refractivity contribution in [2.45, 2.75) is 90.3 Å². The van der Waals surface area contributed by atoms with Gasteiger partial charge in [0, 0.05) is 28.8 Å². The molecule has 42 heavy (non-hydrogen) atoms. The Morgan fingerprint density at radius 2 is 1.88 bits per heavy atom. The zero-order valence-electron chi connectivity index (χ0n) is 26.2. The van der Waals surface area contributed by atoms with Crippen molar-refractivity contribution in [3.63, 3.8) is 0 Å². The van der Waals surface area contributed by atoms with Crippen molar-refractivity contribution in [3.8, 4) is 0 Å². The molecule has 0 radical (unpaired) electrons. The average Bonchev–Trinajstić information content (AvgIpc) is 3.16. The number of fused-ring (bicyclic) bond motifs is 2. The second-order valence-electron chi connectivity index (χ2n) is 13.6. The quantitative estimate of drug-likeness (QED) is 0.0897. The SMILES string of the molecule is C=C(/C=C/C=C(/CO)[C@]12CC[C@@]3([C@@H]1O)[C@@](O)(CCNC)C[C@@H]1C=C[C@@H](CCO)[C@@]3(CC2)C1=C(C)C=O)CCC=C(C)C. The summed E-state index contributed by atoms with van der Waals surface area (Å²) < 4.78 is 0. The van der Waals surface area contributed by atoms with Gasteiger partial charge < -0.3 is 25.7 Å². The fourth-order valence-corrected chi connectivity index (χ4v) is 9.76. The molecule has 0 saturated heterocycles. The first-order valence-electron chi connectivity index (χ1n) is 15.8. The van der Waals surface area contributed by atoms with E-state index >= 15 is 0 Å². The van der Waals surface area contributed by atoms with Crippen LogP contribution >= 0.6 is 0 Å². The molecular weight excluding hydrogens is 526 g/mol. The van der Waals surface area contributed by atoms with Crippen LogP contribution in [0.25, 0.3) is 0 Å². The lowest BCUT2D eigenvalue weighted by Gasteiger charge is -2.71. The summed E-state index contributed by atoms with van der Waals surface area (Å²) in [6, 6.07) is 0. The van der Waals surface area contributed by atoms with Gasteiger partial charge in [-0.3, -0.25) is 4.79 Å². The minimum Gasteiger partial charge on any atom is -0.396 e. The largest absolute Gasteiger partial charge is 0.396 e. The molecule has 3 saturated carbocycles. The molecule has 0 aliphatic heterocycles. The number of rotatable bonds is 13. The molecule has 0 aromatic rings. The van der Waals surface area contributed by atoms with Gasteiger partial charge in [-0.2, -0.15) is 0 Å². The first kappa shape index (κ1) is 32.8. The lowest BCUT2D eigenvalue weighted by atomic mass is 9.34. The first-order chi connectivity index (χ1) is 20.0. The number of aliphatic hydroxyl groups is 4. The predicted octanol–water partition coefficient (Wildman–Crippen LogP) is 5.12. The zero-order valence-corrected chi connectivity index (χ0v) is 26.2. The Hall–Kier alpha value is -2.09. The van der Waals surface area contributed by atoms with E-state index in [1.807, 2.05) is 32.2 Å². The molecule has 4 rings (SSSR count). The topological polar surface area (TPSA) is 110 Å². The van der Waals surface area contributed by atoms with E-state index in [2.05, 4.69) is 44.0 Å². The number of carbonyl (C=O) groups excluding carboxylic acids is 1. The molecule has 5 N–H and O–H groups in total. The molecule has 0 heterocycles. The van der Waals surface area contributed by atoms with Gasteiger partial charge in [0.25, 0.3) is 0 Å². The monoisotopic (exact) mass is 579 g/mol. The molecular formula is C36H53NO5. The highest BCUT2D eigenvalue weighted by atomic mass is 16.3. The summed E-state index contributed by atoms with van der Waals surface area (Å²) in [5.74, 6) is -0.201. The van der Waals surface area contributed by atoms with E-state index in [0.717, 1.165) is 35.8 Å². The second-order valence-corrected chi connectivity index (χ2v) is 13.6. The van der Waals surface area contributed by atoms with Crippen LogP contribution in [0.4, 0.5) is 0 Å². The van der Waals surface area contributed by atoms with Gasteiger partial charge in [-0.1, -0.05) is 54.2 Å². The standard InChI is InChI=1S/C36H53NO5/c1-25(2)8-6-9-26(3)10-7-11-30(24-40)33-15-17-35-29(14-21-38)13-12-28(31(35)27(4)23-39)22-34(42,19-20-37-5)36(35,18-16-33)32(33)41/h7-8,10-13,23,28-29,32,37-38,40-42H,3,6,9,14-22,24H2,1-2,4-5H3/b10-7+,30-11-,31-27?/t28-,29-,32+,33-,34+,35-,36+/m0/s1. The Bertz CT molecular complexity index is 1190. The van der Waals surface area contributed by atoms with E-state index in [1.54, 1.807) is 0 Å². The molecule has 232 valence electrons. The Labute approximate surface area is 252 Å². The summed E-state index contributed by atoms with van der Waals surface area (Å²) in [5.41, 5.74) is 1.35. The second kappa shape index (κ2) is 12.9. The molecule has 6 nitrogen and oxygen atoms in total. The lowest BCUT2D eigenvalue weighted by molar-refractivity contribution is -0.256. The van der Waals surface area contributed by atoms with E-state index < -0.39 is 27.9 Å². The number of allylic oxidation sites excluding steroid dienone is 10. The van der Waals surface area contributed by atoms with Crippen molar-refractivity contribution < 1.29 is 25.2 Å². The fourth-order valence-electron chi connectivity index (χ4n) is 9.76. The zero-order chi connectivity index (χ0) is 30.8. The van der Waals surface area contributed by atoms with Crippen LogP contribution in [0.15, 0.2) is 70.9 Å². The van der Waals surface area contributed by atoms with Crippen LogP contribution in [0.2, 0.25) is 0 Å². The van der Waals surface area contributed by atoms with Crippen LogP contribution in [-0.4, -0.2) is 65.2 Å². The third-order valence-electron chi connectivity index (χ3n) is 11.5. The van der Waals surface area contributed by atoms with Gasteiger partial charge in [-0.25, -0.2) is 0 Å². The summed E-state index contributed by atoms with van der Waals surface area (Å²) in [5, 5.41) is 49.7. The highest BCUT2D eigenvalue weighted by molar-refractivity contribution is 5.75. The number of nitrogens with one attached hydrogen (secondary N) is 1. The van der Waals surface area contributed by atoms with Crippen molar-refractivity contribution in [2.75, 3.05) is 26.8 Å². The maximum Gasteiger partial charge on any atom is 0.145 e. The van der Waals surface area contributed by atoms with E-state index in [-0.39, 0.29) is 25.0 Å². The first-order valence-corrected chi connectivity index (χ1v) is 15.8. The van der Waals surface area contributed by atoms with Gasteiger partial charge in [-0.05, 0) is 115 Å². The highest BCUT2D eigenvalue weighted by Gasteiger charge is 2.79. The van der Waals surface area contributed by atoms with Crippen molar-refractivity contribution in [2.24, 2.45) is 28.1 Å². The summed E-state index contributed by atoms with van der Waals surface area (Å²) in [7, 11) is 1.87. The molecule has 4 aliphatic carbocycles. The minimum atomic E-state index is -1.19. The van der Waals surface area contributed by atoms with E-state index in [9.17, 15) is 25.2 Å². The van der Waals surface area contributed by atoms with E-state index in [4.69, 9.17) is 0 Å². The van der Waals surface area contributed by atoms with Crippen LogP contribution in [0.3, 0.4) is 0 Å². The van der Waals surface area contributed by atoms with Gasteiger partial charge >= 0.3 is 0 Å². The summed E-state index contributed by atoms with van der Waals surface area (Å²) in [6.45, 7) is 10.6. The molecule has 4 bridgehead atoms. The summed E-state index contributed by atoms with van der Waals surface area (Å²) >= 11 is 0. The molecule has 6 heteroatoms. The van der Waals surface area contributed by atoms with Gasteiger partial charge in [0.2, 0.25) is 0 Å². The third-order valence-corrected chi connectivity index (χ3v) is 11.5. The Morgan fingerprint density at radius 1 is 1.14 bits per heavy atom. The van der Waals surface area contributed by atoms with Gasteiger partial charge in [-0.15, -0.1) is 0 Å². The number of aliphatic hydroxyl groups excluding tert-OH is 3. The third kappa shape index (κ3) is 4.97. The van der Waals surface area contributed by atoms with Crippen LogP contribution < -0.4 is 5.32 Å². The number of carbonyl (C=O) groups is 1. The molecule has 0 unspecified atom stereocenters. The molecule has 7 atom stereocenters. The minimum absolute atomic E-state index is 0.00874. The molecule has 0 amide bonds. The van der Waals surface area contributed by atoms with Crippen molar-refractivity contribution >= 4 is 6.29 Å². The predicted molar refractivity (Wildman–Crippen MR) is 169 cm³/mol. The number of hydrogen-bond acceptors (Lipinski definition) is 6. The van der Waals surface area contributed by atoms with Crippen LogP contribution in [0.5, 0.6) is 0 Å². The number of hydrogen-bond donors (Lipinski definition) is 5. The van der Waals surface area contributed by atoms with Crippen molar-refractivity contribution in [3.05, 3.63) is 70.9 Å². The van der Waals surface area contributed by atoms with Gasteiger partial charge in [0.05, 0.1) is 18.3 Å². The molecule has 2 spiro atoms. The van der Waals surface area contributed by atoms with Gasteiger partial charge in [0.15, 0.2) is 0 Å². The maximum atomic E-state index is 12.8. The fraction of sp³-hybridized carbons (Fsp3) is 0.639. The van der Waals surface area contributed by atoms with E-state index in [0.29, 0.717) is 57.1 Å². The number of aldehydes is 1. The van der Waals surface area contributed by atoms with Gasteiger partial charge in [0.1, 0.15) is 6.29 Å². The molecule has 0 aromatic heterocycles. The van der Waals surface area contributed by atoms with Crippen molar-refractivity contribution in [1.29, 1.82) is 0 Å². The Morgan fingerprint density at radius 3 is 2.52 bits per heavy atom. The average molecular weight is 580 g/mol. The normalized spacial score (nSPS) is 38.4. The van der Waals surface area contributed by atoms with Crippen LogP contribution in [0.1, 0.15) is 78.6 Å². The molecule has 0 aromatic carbocycles. The van der Waals surface area contributed by atoms with E-state index in [1.165, 1.54) is 5.57 Å². The molecule has 4 aliphatic rings. The maximum absolute atomic E-state index is 12.8. The lowest BCUT2D eigenvalue weighted by Crippen LogP contribution is -2.73. The smallest absolute Gasteiger partial charge is 0.145 e.